The van der Waals surface area contributed by atoms with Gasteiger partial charge in [-0.1, -0.05) is 58.8 Å². The number of likely N-dealkylation sites (N-methyl/N-ethyl adjacent to an activating group) is 1. The van der Waals surface area contributed by atoms with E-state index in [-0.39, 0.29) is 5.60 Å². The third-order valence-corrected chi connectivity index (χ3v) is 5.16. The Morgan fingerprint density at radius 1 is 1.00 bits per heavy atom. The molecule has 2 nitrogen and oxygen atoms in total. The van der Waals surface area contributed by atoms with Gasteiger partial charge in [0, 0.05) is 6.04 Å². The minimum absolute atomic E-state index is 0.117. The molecular weight excluding hydrogens is 258 g/mol. The second-order valence-electron chi connectivity index (χ2n) is 7.31. The second kappa shape index (κ2) is 10.6. The zero-order chi connectivity index (χ0) is 15.6. The molecule has 1 aliphatic rings. The number of unbranched alkanes of at least 4 members (excludes halogenated alkanes) is 5. The summed E-state index contributed by atoms with van der Waals surface area (Å²) in [5.41, 5.74) is 0.117. The SMILES string of the molecule is CCCCCCC(C)(CCCCC)OC[C@H]1CCCN1C. The van der Waals surface area contributed by atoms with Gasteiger partial charge < -0.3 is 9.64 Å². The molecule has 2 heteroatoms. The van der Waals surface area contributed by atoms with Crippen molar-refractivity contribution < 1.29 is 4.74 Å². The molecule has 0 aromatic heterocycles. The van der Waals surface area contributed by atoms with E-state index in [2.05, 4.69) is 32.7 Å². The lowest BCUT2D eigenvalue weighted by molar-refractivity contribution is -0.0633. The first-order valence-electron chi connectivity index (χ1n) is 9.45. The maximum absolute atomic E-state index is 6.47. The summed E-state index contributed by atoms with van der Waals surface area (Å²) in [4.78, 5) is 2.48. The van der Waals surface area contributed by atoms with E-state index in [0.29, 0.717) is 6.04 Å². The third kappa shape index (κ3) is 7.65. The van der Waals surface area contributed by atoms with Crippen molar-refractivity contribution in [3.63, 3.8) is 0 Å². The van der Waals surface area contributed by atoms with Crippen LogP contribution in [0, 0.1) is 0 Å². The molecule has 0 spiro atoms. The van der Waals surface area contributed by atoms with Crippen LogP contribution in [-0.2, 0) is 4.74 Å². The average molecular weight is 298 g/mol. The van der Waals surface area contributed by atoms with Crippen LogP contribution in [0.1, 0.15) is 91.4 Å². The van der Waals surface area contributed by atoms with Crippen molar-refractivity contribution in [3.8, 4) is 0 Å². The molecule has 0 amide bonds. The molecule has 0 aromatic carbocycles. The Kier molecular flexibility index (Phi) is 9.59. The first kappa shape index (κ1) is 19.0. The Hall–Kier alpha value is -0.0800. The van der Waals surface area contributed by atoms with Gasteiger partial charge in [-0.3, -0.25) is 0 Å². The fourth-order valence-corrected chi connectivity index (χ4v) is 3.43. The average Bonchev–Trinajstić information content (AvgIpc) is 2.88. The number of hydrogen-bond donors (Lipinski definition) is 0. The molecule has 1 aliphatic heterocycles. The number of nitrogens with zero attached hydrogens (tertiary/aromatic N) is 1. The molecule has 1 heterocycles. The van der Waals surface area contributed by atoms with Crippen LogP contribution in [0.3, 0.4) is 0 Å². The Labute approximate surface area is 133 Å². The van der Waals surface area contributed by atoms with Gasteiger partial charge in [0.15, 0.2) is 0 Å². The van der Waals surface area contributed by atoms with Gasteiger partial charge in [-0.15, -0.1) is 0 Å². The Bertz CT molecular complexity index is 256. The molecule has 1 fully saturated rings. The van der Waals surface area contributed by atoms with E-state index in [4.69, 9.17) is 4.74 Å². The first-order valence-corrected chi connectivity index (χ1v) is 9.45. The lowest BCUT2D eigenvalue weighted by Gasteiger charge is -2.33. The van der Waals surface area contributed by atoms with Crippen LogP contribution in [0.4, 0.5) is 0 Å². The summed E-state index contributed by atoms with van der Waals surface area (Å²) >= 11 is 0. The molecule has 2 atom stereocenters. The van der Waals surface area contributed by atoms with E-state index in [9.17, 15) is 0 Å². The van der Waals surface area contributed by atoms with Crippen LogP contribution >= 0.6 is 0 Å². The Morgan fingerprint density at radius 3 is 2.19 bits per heavy atom. The zero-order valence-corrected chi connectivity index (χ0v) is 15.1. The molecule has 0 aromatic rings. The van der Waals surface area contributed by atoms with Gasteiger partial charge in [-0.05, 0) is 46.2 Å². The second-order valence-corrected chi connectivity index (χ2v) is 7.31. The van der Waals surface area contributed by atoms with Gasteiger partial charge >= 0.3 is 0 Å². The molecule has 0 aliphatic carbocycles. The van der Waals surface area contributed by atoms with Crippen LogP contribution in [-0.4, -0.2) is 36.7 Å². The van der Waals surface area contributed by atoms with E-state index in [0.717, 1.165) is 6.61 Å². The topological polar surface area (TPSA) is 12.5 Å². The summed E-state index contributed by atoms with van der Waals surface area (Å²) < 4.78 is 6.47. The highest BCUT2D eigenvalue weighted by Gasteiger charge is 2.28. The number of hydrogen-bond acceptors (Lipinski definition) is 2. The monoisotopic (exact) mass is 297 g/mol. The van der Waals surface area contributed by atoms with E-state index in [1.165, 1.54) is 77.2 Å². The van der Waals surface area contributed by atoms with Crippen LogP contribution < -0.4 is 0 Å². The van der Waals surface area contributed by atoms with Crippen molar-refractivity contribution in [3.05, 3.63) is 0 Å². The van der Waals surface area contributed by atoms with Crippen LogP contribution in [0.2, 0.25) is 0 Å². The van der Waals surface area contributed by atoms with Crippen molar-refractivity contribution in [1.82, 2.24) is 4.90 Å². The zero-order valence-electron chi connectivity index (χ0n) is 15.1. The van der Waals surface area contributed by atoms with Crippen LogP contribution in [0.5, 0.6) is 0 Å². The lowest BCUT2D eigenvalue weighted by atomic mass is 9.91. The van der Waals surface area contributed by atoms with E-state index >= 15 is 0 Å². The lowest BCUT2D eigenvalue weighted by Crippen LogP contribution is -2.36. The van der Waals surface area contributed by atoms with Crippen LogP contribution in [0.25, 0.3) is 0 Å². The quantitative estimate of drug-likeness (QED) is 0.447. The van der Waals surface area contributed by atoms with Crippen molar-refractivity contribution in [2.45, 2.75) is 103 Å². The predicted molar refractivity (Wildman–Crippen MR) is 92.9 cm³/mol. The fraction of sp³-hybridized carbons (Fsp3) is 1.00. The maximum atomic E-state index is 6.47. The highest BCUT2D eigenvalue weighted by Crippen LogP contribution is 2.28. The molecule has 1 unspecified atom stereocenters. The van der Waals surface area contributed by atoms with Gasteiger partial charge in [0.05, 0.1) is 12.2 Å². The molecular formula is C19H39NO. The minimum atomic E-state index is 0.117. The Balaban J connectivity index is 2.37. The Morgan fingerprint density at radius 2 is 1.62 bits per heavy atom. The maximum Gasteiger partial charge on any atom is 0.0655 e. The van der Waals surface area contributed by atoms with Crippen LogP contribution in [0.15, 0.2) is 0 Å². The summed E-state index contributed by atoms with van der Waals surface area (Å²) in [6, 6.07) is 0.658. The van der Waals surface area contributed by atoms with Crippen molar-refractivity contribution >= 4 is 0 Å². The van der Waals surface area contributed by atoms with Crippen molar-refractivity contribution in [1.29, 1.82) is 0 Å². The number of likely N-dealkylation sites (tertiary alicyclic amines) is 1. The normalized spacial score (nSPS) is 22.6. The van der Waals surface area contributed by atoms with Crippen molar-refractivity contribution in [2.75, 3.05) is 20.2 Å². The predicted octanol–water partition coefficient (Wildman–Crippen LogP) is 5.41. The van der Waals surface area contributed by atoms with Gasteiger partial charge in [-0.25, -0.2) is 0 Å². The summed E-state index contributed by atoms with van der Waals surface area (Å²) in [5.74, 6) is 0. The summed E-state index contributed by atoms with van der Waals surface area (Å²) in [6.07, 6.45) is 14.5. The minimum Gasteiger partial charge on any atom is -0.374 e. The molecule has 0 N–H and O–H groups in total. The van der Waals surface area contributed by atoms with Gasteiger partial charge in [-0.2, -0.15) is 0 Å². The van der Waals surface area contributed by atoms with E-state index in [1.807, 2.05) is 0 Å². The molecule has 21 heavy (non-hydrogen) atoms. The smallest absolute Gasteiger partial charge is 0.0655 e. The summed E-state index contributed by atoms with van der Waals surface area (Å²) in [7, 11) is 2.25. The van der Waals surface area contributed by atoms with E-state index < -0.39 is 0 Å². The van der Waals surface area contributed by atoms with Gasteiger partial charge in [0.25, 0.3) is 0 Å². The molecule has 1 rings (SSSR count). The van der Waals surface area contributed by atoms with E-state index in [1.54, 1.807) is 0 Å². The molecule has 0 bridgehead atoms. The first-order chi connectivity index (χ1) is 10.1. The van der Waals surface area contributed by atoms with Gasteiger partial charge in [0.2, 0.25) is 0 Å². The molecule has 1 saturated heterocycles. The molecule has 0 saturated carbocycles. The summed E-state index contributed by atoms with van der Waals surface area (Å²) in [5, 5.41) is 0. The molecule has 0 radical (unpaired) electrons. The van der Waals surface area contributed by atoms with Gasteiger partial charge in [0.1, 0.15) is 0 Å². The fourth-order valence-electron chi connectivity index (χ4n) is 3.43. The standard InChI is InChI=1S/C19H39NO/c1-5-7-9-11-15-19(3,14-10-8-6-2)21-17-18-13-12-16-20(18)4/h18H,5-17H2,1-4H3/t18-,19?/m1/s1. The largest absolute Gasteiger partial charge is 0.374 e. The highest BCUT2D eigenvalue weighted by atomic mass is 16.5. The summed E-state index contributed by atoms with van der Waals surface area (Å²) in [6.45, 7) is 9.12. The molecule has 126 valence electrons. The number of ether oxygens (including phenoxy) is 1. The van der Waals surface area contributed by atoms with Crippen molar-refractivity contribution in [2.24, 2.45) is 0 Å². The highest BCUT2D eigenvalue weighted by molar-refractivity contribution is 4.80. The number of rotatable bonds is 12. The third-order valence-electron chi connectivity index (χ3n) is 5.16.